The van der Waals surface area contributed by atoms with Crippen LogP contribution < -0.4 is 0 Å². The number of hydrogen-bond acceptors (Lipinski definition) is 2. The molecule has 2 aromatic rings. The first-order chi connectivity index (χ1) is 11.1. The summed E-state index contributed by atoms with van der Waals surface area (Å²) in [5, 5.41) is 9.85. The van der Waals surface area contributed by atoms with Gasteiger partial charge in [-0.1, -0.05) is 18.2 Å². The molecule has 0 bridgehead atoms. The Bertz CT molecular complexity index is 712. The van der Waals surface area contributed by atoms with Crippen LogP contribution in [-0.4, -0.2) is 22.5 Å². The molecular weight excluding hydrogens is 293 g/mol. The first-order valence-corrected chi connectivity index (χ1v) is 7.93. The minimum atomic E-state index is -0.272. The Morgan fingerprint density at radius 1 is 1.17 bits per heavy atom. The van der Waals surface area contributed by atoms with Crippen molar-refractivity contribution in [2.45, 2.75) is 32.2 Å². The Balaban J connectivity index is 1.93. The highest BCUT2D eigenvalue weighted by molar-refractivity contribution is 5.96. The Morgan fingerprint density at radius 2 is 1.91 bits per heavy atom. The lowest BCUT2D eigenvalue weighted by Crippen LogP contribution is -2.38. The van der Waals surface area contributed by atoms with E-state index >= 15 is 0 Å². The summed E-state index contributed by atoms with van der Waals surface area (Å²) in [6.45, 7) is 2.43. The van der Waals surface area contributed by atoms with Crippen LogP contribution in [0.15, 0.2) is 42.5 Å². The molecule has 1 N–H and O–H groups in total. The number of benzene rings is 2. The molecule has 1 amide bonds. The smallest absolute Gasteiger partial charge is 0.254 e. The van der Waals surface area contributed by atoms with Gasteiger partial charge < -0.3 is 10.0 Å². The van der Waals surface area contributed by atoms with Gasteiger partial charge in [-0.3, -0.25) is 4.79 Å². The van der Waals surface area contributed by atoms with Gasteiger partial charge in [-0.15, -0.1) is 0 Å². The third-order valence-corrected chi connectivity index (χ3v) is 4.55. The molecule has 1 heterocycles. The number of likely N-dealkylation sites (tertiary alicyclic amines) is 1. The van der Waals surface area contributed by atoms with E-state index in [1.165, 1.54) is 12.1 Å². The zero-order valence-electron chi connectivity index (χ0n) is 13.1. The summed E-state index contributed by atoms with van der Waals surface area (Å²) >= 11 is 0. The summed E-state index contributed by atoms with van der Waals surface area (Å²) in [7, 11) is 0. The maximum atomic E-state index is 13.2. The number of amides is 1. The van der Waals surface area contributed by atoms with Crippen molar-refractivity contribution < 1.29 is 14.3 Å². The van der Waals surface area contributed by atoms with Crippen LogP contribution in [0.1, 0.15) is 46.8 Å². The lowest BCUT2D eigenvalue weighted by atomic mass is 9.94. The molecular formula is C19H20FNO2. The van der Waals surface area contributed by atoms with E-state index in [4.69, 9.17) is 0 Å². The number of phenols is 1. The van der Waals surface area contributed by atoms with Crippen molar-refractivity contribution in [1.29, 1.82) is 0 Å². The van der Waals surface area contributed by atoms with Crippen molar-refractivity contribution in [1.82, 2.24) is 4.90 Å². The summed E-state index contributed by atoms with van der Waals surface area (Å²) < 4.78 is 13.2. The van der Waals surface area contributed by atoms with Crippen LogP contribution in [0.4, 0.5) is 4.39 Å². The minimum Gasteiger partial charge on any atom is -0.508 e. The monoisotopic (exact) mass is 313 g/mol. The topological polar surface area (TPSA) is 40.5 Å². The van der Waals surface area contributed by atoms with Gasteiger partial charge in [-0.25, -0.2) is 4.39 Å². The molecule has 0 radical (unpaired) electrons. The highest BCUT2D eigenvalue weighted by Gasteiger charge is 2.29. The Morgan fingerprint density at radius 3 is 2.65 bits per heavy atom. The number of hydrogen-bond donors (Lipinski definition) is 1. The Labute approximate surface area is 135 Å². The molecule has 2 aromatic carbocycles. The molecule has 120 valence electrons. The molecule has 0 spiro atoms. The fraction of sp³-hybridized carbons (Fsp3) is 0.316. The predicted molar refractivity (Wildman–Crippen MR) is 86.9 cm³/mol. The summed E-state index contributed by atoms with van der Waals surface area (Å²) in [6.07, 6.45) is 2.88. The summed E-state index contributed by atoms with van der Waals surface area (Å²) in [6, 6.07) is 11.3. The number of halogens is 1. The number of piperidine rings is 1. The van der Waals surface area contributed by atoms with Crippen LogP contribution in [0.2, 0.25) is 0 Å². The van der Waals surface area contributed by atoms with Gasteiger partial charge in [0.05, 0.1) is 6.04 Å². The van der Waals surface area contributed by atoms with Gasteiger partial charge in [0.1, 0.15) is 11.6 Å². The van der Waals surface area contributed by atoms with Crippen LogP contribution in [0.5, 0.6) is 5.75 Å². The molecule has 1 saturated heterocycles. The van der Waals surface area contributed by atoms with E-state index in [0.29, 0.717) is 17.7 Å². The van der Waals surface area contributed by atoms with E-state index in [0.717, 1.165) is 24.8 Å². The van der Waals surface area contributed by atoms with E-state index < -0.39 is 0 Å². The summed E-state index contributed by atoms with van der Waals surface area (Å²) in [5.41, 5.74) is 2.08. The second-order valence-corrected chi connectivity index (χ2v) is 6.01. The maximum Gasteiger partial charge on any atom is 0.254 e. The second-order valence-electron chi connectivity index (χ2n) is 6.01. The zero-order chi connectivity index (χ0) is 16.4. The van der Waals surface area contributed by atoms with Crippen molar-refractivity contribution >= 4 is 5.91 Å². The van der Waals surface area contributed by atoms with Crippen molar-refractivity contribution in [3.8, 4) is 5.75 Å². The Kier molecular flexibility index (Phi) is 4.33. The van der Waals surface area contributed by atoms with E-state index in [2.05, 4.69) is 0 Å². The summed E-state index contributed by atoms with van der Waals surface area (Å²) in [5.74, 6) is -0.218. The number of carbonyl (C=O) groups excluding carboxylic acids is 1. The zero-order valence-corrected chi connectivity index (χ0v) is 13.1. The maximum absolute atomic E-state index is 13.2. The molecule has 23 heavy (non-hydrogen) atoms. The standard InChI is InChI=1S/C19H20FNO2/c1-13-16(5-4-7-18(13)22)19(23)21-12-3-2-6-17(21)14-8-10-15(20)11-9-14/h4-5,7-11,17,22H,2-3,6,12H2,1H3. The largest absolute Gasteiger partial charge is 0.508 e. The van der Waals surface area contributed by atoms with Crippen LogP contribution in [0, 0.1) is 12.7 Å². The van der Waals surface area contributed by atoms with E-state index in [-0.39, 0.29) is 23.5 Å². The number of rotatable bonds is 2. The molecule has 0 aliphatic carbocycles. The fourth-order valence-corrected chi connectivity index (χ4v) is 3.22. The van der Waals surface area contributed by atoms with Gasteiger partial charge in [-0.05, 0) is 56.0 Å². The van der Waals surface area contributed by atoms with Gasteiger partial charge in [-0.2, -0.15) is 0 Å². The van der Waals surface area contributed by atoms with E-state index in [1.54, 1.807) is 37.3 Å². The van der Waals surface area contributed by atoms with Crippen LogP contribution in [0.25, 0.3) is 0 Å². The van der Waals surface area contributed by atoms with Crippen molar-refractivity contribution in [3.05, 3.63) is 65.0 Å². The van der Waals surface area contributed by atoms with Crippen LogP contribution >= 0.6 is 0 Å². The number of aromatic hydroxyl groups is 1. The highest BCUT2D eigenvalue weighted by Crippen LogP contribution is 2.33. The highest BCUT2D eigenvalue weighted by atomic mass is 19.1. The third kappa shape index (κ3) is 3.07. The number of carbonyl (C=O) groups is 1. The molecule has 1 unspecified atom stereocenters. The SMILES string of the molecule is Cc1c(O)cccc1C(=O)N1CCCCC1c1ccc(F)cc1. The lowest BCUT2D eigenvalue weighted by Gasteiger charge is -2.36. The van der Waals surface area contributed by atoms with Crippen molar-refractivity contribution in [3.63, 3.8) is 0 Å². The van der Waals surface area contributed by atoms with Gasteiger partial charge in [0, 0.05) is 17.7 Å². The predicted octanol–water partition coefficient (Wildman–Crippen LogP) is 4.21. The molecule has 4 heteroatoms. The van der Waals surface area contributed by atoms with E-state index in [9.17, 15) is 14.3 Å². The fourth-order valence-electron chi connectivity index (χ4n) is 3.22. The quantitative estimate of drug-likeness (QED) is 0.902. The first-order valence-electron chi connectivity index (χ1n) is 7.93. The van der Waals surface area contributed by atoms with E-state index in [1.807, 2.05) is 4.90 Å². The molecule has 1 fully saturated rings. The number of nitrogens with zero attached hydrogens (tertiary/aromatic N) is 1. The molecule has 1 atom stereocenters. The van der Waals surface area contributed by atoms with Gasteiger partial charge in [0.2, 0.25) is 0 Å². The van der Waals surface area contributed by atoms with Gasteiger partial charge in [0.25, 0.3) is 5.91 Å². The first kappa shape index (κ1) is 15.5. The summed E-state index contributed by atoms with van der Waals surface area (Å²) in [4.78, 5) is 14.8. The van der Waals surface area contributed by atoms with Gasteiger partial charge >= 0.3 is 0 Å². The number of phenolic OH excluding ortho intramolecular Hbond substituents is 1. The average Bonchev–Trinajstić information content (AvgIpc) is 2.57. The lowest BCUT2D eigenvalue weighted by molar-refractivity contribution is 0.0610. The van der Waals surface area contributed by atoms with Crippen LogP contribution in [-0.2, 0) is 0 Å². The molecule has 0 saturated carbocycles. The normalized spacial score (nSPS) is 18.0. The van der Waals surface area contributed by atoms with Crippen LogP contribution in [0.3, 0.4) is 0 Å². The molecule has 1 aliphatic rings. The van der Waals surface area contributed by atoms with Crippen molar-refractivity contribution in [2.75, 3.05) is 6.54 Å². The third-order valence-electron chi connectivity index (χ3n) is 4.55. The average molecular weight is 313 g/mol. The van der Waals surface area contributed by atoms with Crippen molar-refractivity contribution in [2.24, 2.45) is 0 Å². The Hall–Kier alpha value is -2.36. The molecule has 3 nitrogen and oxygen atoms in total. The molecule has 0 aromatic heterocycles. The molecule has 3 rings (SSSR count). The second kappa shape index (κ2) is 6.41. The molecule has 1 aliphatic heterocycles. The minimum absolute atomic E-state index is 0.0430. The van der Waals surface area contributed by atoms with Gasteiger partial charge in [0.15, 0.2) is 0 Å².